The van der Waals surface area contributed by atoms with E-state index in [1.807, 2.05) is 0 Å². The molecule has 0 aromatic heterocycles. The monoisotopic (exact) mass is 243 g/mol. The third kappa shape index (κ3) is 5.50. The molecule has 1 amide bonds. The van der Waals surface area contributed by atoms with Crippen LogP contribution in [0.5, 0.6) is 0 Å². The predicted octanol–water partition coefficient (Wildman–Crippen LogP) is 1.21. The van der Waals surface area contributed by atoms with Gasteiger partial charge in [-0.2, -0.15) is 0 Å². The zero-order chi connectivity index (χ0) is 12.7. The van der Waals surface area contributed by atoms with Crippen molar-refractivity contribution < 1.29 is 15.0 Å². The number of nitrogens with one attached hydrogen (secondary N) is 1. The lowest BCUT2D eigenvalue weighted by atomic mass is 9.79. The van der Waals surface area contributed by atoms with E-state index in [1.165, 1.54) is 0 Å². The second-order valence-corrected chi connectivity index (χ2v) is 5.36. The van der Waals surface area contributed by atoms with Crippen LogP contribution in [0.4, 0.5) is 0 Å². The van der Waals surface area contributed by atoms with Gasteiger partial charge in [0.25, 0.3) is 0 Å². The zero-order valence-corrected chi connectivity index (χ0v) is 10.7. The normalized spacial score (nSPS) is 29.0. The van der Waals surface area contributed by atoms with Gasteiger partial charge in [-0.25, -0.2) is 0 Å². The Bertz CT molecular complexity index is 235. The largest absolute Gasteiger partial charge is 0.396 e. The quantitative estimate of drug-likeness (QED) is 0.614. The van der Waals surface area contributed by atoms with E-state index in [2.05, 4.69) is 12.2 Å². The van der Waals surface area contributed by atoms with Crippen molar-refractivity contribution in [3.8, 4) is 0 Å². The van der Waals surface area contributed by atoms with Crippen molar-refractivity contribution in [1.82, 2.24) is 5.32 Å². The highest BCUT2D eigenvalue weighted by molar-refractivity contribution is 5.75. The maximum Gasteiger partial charge on any atom is 0.220 e. The summed E-state index contributed by atoms with van der Waals surface area (Å²) < 4.78 is 0. The van der Waals surface area contributed by atoms with E-state index in [9.17, 15) is 9.90 Å². The lowest BCUT2D eigenvalue weighted by molar-refractivity contribution is -0.123. The van der Waals surface area contributed by atoms with Crippen LogP contribution in [0.15, 0.2) is 0 Å². The van der Waals surface area contributed by atoms with Gasteiger partial charge in [0.05, 0.1) is 5.60 Å². The van der Waals surface area contributed by atoms with E-state index in [4.69, 9.17) is 5.11 Å². The Kier molecular flexibility index (Phi) is 5.92. The summed E-state index contributed by atoms with van der Waals surface area (Å²) in [4.78, 5) is 11.5. The molecule has 0 atom stereocenters. The minimum atomic E-state index is -0.695. The fourth-order valence-corrected chi connectivity index (χ4v) is 2.23. The van der Waals surface area contributed by atoms with Crippen molar-refractivity contribution in [2.75, 3.05) is 13.2 Å². The van der Waals surface area contributed by atoms with Crippen LogP contribution in [0.25, 0.3) is 0 Å². The maximum absolute atomic E-state index is 11.5. The summed E-state index contributed by atoms with van der Waals surface area (Å²) in [5, 5.41) is 21.7. The molecule has 0 saturated heterocycles. The summed E-state index contributed by atoms with van der Waals surface area (Å²) in [7, 11) is 0. The van der Waals surface area contributed by atoms with Crippen LogP contribution in [0.2, 0.25) is 0 Å². The first-order valence-corrected chi connectivity index (χ1v) is 6.66. The molecule has 0 aromatic rings. The number of aliphatic hydroxyl groups is 2. The molecule has 4 heteroatoms. The third-order valence-electron chi connectivity index (χ3n) is 3.63. The first kappa shape index (κ1) is 14.5. The maximum atomic E-state index is 11.5. The van der Waals surface area contributed by atoms with Crippen molar-refractivity contribution in [1.29, 1.82) is 0 Å². The minimum Gasteiger partial charge on any atom is -0.396 e. The van der Waals surface area contributed by atoms with Gasteiger partial charge in [0, 0.05) is 19.6 Å². The fraction of sp³-hybridized carbons (Fsp3) is 0.923. The van der Waals surface area contributed by atoms with Gasteiger partial charge in [0.1, 0.15) is 0 Å². The fourth-order valence-electron chi connectivity index (χ4n) is 2.23. The van der Waals surface area contributed by atoms with Gasteiger partial charge in [0.15, 0.2) is 0 Å². The molecule has 3 N–H and O–H groups in total. The molecule has 1 rings (SSSR count). The first-order chi connectivity index (χ1) is 8.06. The van der Waals surface area contributed by atoms with E-state index in [-0.39, 0.29) is 12.5 Å². The molecule has 100 valence electrons. The molecular weight excluding hydrogens is 218 g/mol. The molecule has 1 aliphatic rings. The Labute approximate surface area is 103 Å². The average molecular weight is 243 g/mol. The smallest absolute Gasteiger partial charge is 0.220 e. The highest BCUT2D eigenvalue weighted by Crippen LogP contribution is 2.31. The van der Waals surface area contributed by atoms with Crippen LogP contribution >= 0.6 is 0 Å². The Morgan fingerprint density at radius 3 is 2.59 bits per heavy atom. The Hall–Kier alpha value is -0.610. The van der Waals surface area contributed by atoms with Crippen LogP contribution in [0.3, 0.4) is 0 Å². The molecule has 1 aliphatic carbocycles. The lowest BCUT2D eigenvalue weighted by Crippen LogP contribution is -2.45. The first-order valence-electron chi connectivity index (χ1n) is 6.66. The summed E-state index contributed by atoms with van der Waals surface area (Å²) >= 11 is 0. The second kappa shape index (κ2) is 6.97. The number of hydrogen-bond acceptors (Lipinski definition) is 3. The topological polar surface area (TPSA) is 69.6 Å². The summed E-state index contributed by atoms with van der Waals surface area (Å²) in [6.45, 7) is 2.71. The molecule has 0 aliphatic heterocycles. The third-order valence-corrected chi connectivity index (χ3v) is 3.63. The van der Waals surface area contributed by atoms with Crippen molar-refractivity contribution in [3.63, 3.8) is 0 Å². The molecule has 0 heterocycles. The zero-order valence-electron chi connectivity index (χ0n) is 10.7. The predicted molar refractivity (Wildman–Crippen MR) is 66.5 cm³/mol. The van der Waals surface area contributed by atoms with Gasteiger partial charge in [-0.15, -0.1) is 0 Å². The highest BCUT2D eigenvalue weighted by Gasteiger charge is 2.31. The van der Waals surface area contributed by atoms with Crippen LogP contribution in [-0.2, 0) is 4.79 Å². The second-order valence-electron chi connectivity index (χ2n) is 5.36. The number of unbranched alkanes of at least 4 members (excludes halogenated alkanes) is 1. The number of carbonyl (C=O) groups is 1. The lowest BCUT2D eigenvalue weighted by Gasteiger charge is -2.34. The van der Waals surface area contributed by atoms with Gasteiger partial charge < -0.3 is 15.5 Å². The molecule has 1 fully saturated rings. The molecule has 17 heavy (non-hydrogen) atoms. The number of carbonyl (C=O) groups excluding carboxylic acids is 1. The van der Waals surface area contributed by atoms with E-state index in [0.717, 1.165) is 25.7 Å². The summed E-state index contributed by atoms with van der Waals surface area (Å²) in [6.07, 6.45) is 5.45. The van der Waals surface area contributed by atoms with Gasteiger partial charge in [-0.05, 0) is 44.4 Å². The minimum absolute atomic E-state index is 0.0227. The summed E-state index contributed by atoms with van der Waals surface area (Å²) in [6, 6.07) is 0. The van der Waals surface area contributed by atoms with E-state index in [0.29, 0.717) is 31.7 Å². The van der Waals surface area contributed by atoms with Gasteiger partial charge in [-0.1, -0.05) is 6.92 Å². The van der Waals surface area contributed by atoms with E-state index >= 15 is 0 Å². The SMILES string of the molecule is CC1CCC(O)(CNC(=O)CCCCO)CC1. The molecule has 0 unspecified atom stereocenters. The number of amides is 1. The molecular formula is C13H25NO3. The van der Waals surface area contributed by atoms with Crippen LogP contribution in [0, 0.1) is 5.92 Å². The van der Waals surface area contributed by atoms with Crippen LogP contribution in [-0.4, -0.2) is 34.9 Å². The Morgan fingerprint density at radius 1 is 1.35 bits per heavy atom. The van der Waals surface area contributed by atoms with E-state index in [1.54, 1.807) is 0 Å². The summed E-state index contributed by atoms with van der Waals surface area (Å²) in [5.74, 6) is 0.668. The van der Waals surface area contributed by atoms with Crippen LogP contribution in [0.1, 0.15) is 51.9 Å². The Morgan fingerprint density at radius 2 is 2.00 bits per heavy atom. The summed E-state index contributed by atoms with van der Waals surface area (Å²) in [5.41, 5.74) is -0.695. The number of rotatable bonds is 6. The standard InChI is InChI=1S/C13H25NO3/c1-11-5-7-13(17,8-6-11)10-14-12(16)4-2-3-9-15/h11,15,17H,2-10H2,1H3,(H,14,16). The molecule has 1 saturated carbocycles. The molecule has 0 aromatic carbocycles. The van der Waals surface area contributed by atoms with Crippen molar-refractivity contribution in [3.05, 3.63) is 0 Å². The van der Waals surface area contributed by atoms with E-state index < -0.39 is 5.60 Å². The molecule has 0 radical (unpaired) electrons. The van der Waals surface area contributed by atoms with Crippen molar-refractivity contribution in [2.45, 2.75) is 57.5 Å². The van der Waals surface area contributed by atoms with Crippen molar-refractivity contribution in [2.24, 2.45) is 5.92 Å². The van der Waals surface area contributed by atoms with Gasteiger partial charge >= 0.3 is 0 Å². The van der Waals surface area contributed by atoms with Gasteiger partial charge in [-0.3, -0.25) is 4.79 Å². The Balaban J connectivity index is 2.18. The number of aliphatic hydroxyl groups excluding tert-OH is 1. The highest BCUT2D eigenvalue weighted by atomic mass is 16.3. The molecule has 0 bridgehead atoms. The molecule has 4 nitrogen and oxygen atoms in total. The van der Waals surface area contributed by atoms with Crippen molar-refractivity contribution >= 4 is 5.91 Å². The molecule has 0 spiro atoms. The van der Waals surface area contributed by atoms with Gasteiger partial charge in [0.2, 0.25) is 5.91 Å². The average Bonchev–Trinajstić information content (AvgIpc) is 2.32. The van der Waals surface area contributed by atoms with Crippen LogP contribution < -0.4 is 5.32 Å². The number of hydrogen-bond donors (Lipinski definition) is 3.